The monoisotopic (exact) mass is 418 g/mol. The predicted octanol–water partition coefficient (Wildman–Crippen LogP) is 3.67. The van der Waals surface area contributed by atoms with E-state index in [1.165, 1.54) is 13.0 Å². The number of hydrogen-bond acceptors (Lipinski definition) is 5. The van der Waals surface area contributed by atoms with Gasteiger partial charge in [-0.1, -0.05) is 30.3 Å². The van der Waals surface area contributed by atoms with Crippen molar-refractivity contribution in [3.63, 3.8) is 0 Å². The molecule has 4 rings (SSSR count). The van der Waals surface area contributed by atoms with Crippen LogP contribution in [0, 0.1) is 10.1 Å². The second-order valence-electron chi connectivity index (χ2n) is 7.47. The third-order valence-electron chi connectivity index (χ3n) is 5.51. The smallest absolute Gasteiger partial charge is 0.293 e. The highest BCUT2D eigenvalue weighted by Crippen LogP contribution is 2.30. The van der Waals surface area contributed by atoms with Gasteiger partial charge in [-0.25, -0.2) is 0 Å². The van der Waals surface area contributed by atoms with Crippen LogP contribution in [0.25, 0.3) is 10.8 Å². The molecule has 31 heavy (non-hydrogen) atoms. The third kappa shape index (κ3) is 4.32. The Bertz CT molecular complexity index is 1170. The molecule has 8 heteroatoms. The van der Waals surface area contributed by atoms with E-state index in [0.29, 0.717) is 37.6 Å². The molecule has 0 bridgehead atoms. The van der Waals surface area contributed by atoms with Crippen LogP contribution in [0.2, 0.25) is 0 Å². The summed E-state index contributed by atoms with van der Waals surface area (Å²) in [5.41, 5.74) is 1.17. The van der Waals surface area contributed by atoms with Crippen molar-refractivity contribution < 1.29 is 14.5 Å². The van der Waals surface area contributed by atoms with Crippen molar-refractivity contribution in [3.8, 4) is 0 Å². The second kappa shape index (κ2) is 8.43. The van der Waals surface area contributed by atoms with Gasteiger partial charge >= 0.3 is 0 Å². The van der Waals surface area contributed by atoms with E-state index in [2.05, 4.69) is 5.32 Å². The Morgan fingerprint density at radius 3 is 2.32 bits per heavy atom. The van der Waals surface area contributed by atoms with Gasteiger partial charge in [0.15, 0.2) is 0 Å². The second-order valence-corrected chi connectivity index (χ2v) is 7.47. The fourth-order valence-corrected chi connectivity index (χ4v) is 3.81. The van der Waals surface area contributed by atoms with Gasteiger partial charge in [-0.15, -0.1) is 0 Å². The number of anilines is 2. The number of nitro groups is 1. The number of hydrogen-bond donors (Lipinski definition) is 1. The number of nitrogens with zero attached hydrogens (tertiary/aromatic N) is 3. The lowest BCUT2D eigenvalue weighted by Crippen LogP contribution is -2.48. The van der Waals surface area contributed by atoms with Gasteiger partial charge in [0.05, 0.1) is 4.92 Å². The highest BCUT2D eigenvalue weighted by molar-refractivity contribution is 6.06. The minimum Gasteiger partial charge on any atom is -0.362 e. The zero-order valence-electron chi connectivity index (χ0n) is 17.1. The molecular formula is C23H22N4O4. The zero-order chi connectivity index (χ0) is 22.0. The van der Waals surface area contributed by atoms with E-state index >= 15 is 0 Å². The average Bonchev–Trinajstić information content (AvgIpc) is 2.78. The molecule has 0 unspecified atom stereocenters. The number of nitrogens with one attached hydrogen (secondary N) is 1. The van der Waals surface area contributed by atoms with E-state index in [4.69, 9.17) is 0 Å². The average molecular weight is 418 g/mol. The summed E-state index contributed by atoms with van der Waals surface area (Å²) >= 11 is 0. The summed E-state index contributed by atoms with van der Waals surface area (Å²) in [7, 11) is 0. The van der Waals surface area contributed by atoms with E-state index in [9.17, 15) is 19.7 Å². The quantitative estimate of drug-likeness (QED) is 0.515. The number of rotatable bonds is 4. The Morgan fingerprint density at radius 2 is 1.65 bits per heavy atom. The zero-order valence-corrected chi connectivity index (χ0v) is 17.1. The molecule has 1 heterocycles. The molecule has 0 atom stereocenters. The number of carbonyl (C=O) groups is 2. The Hall–Kier alpha value is -3.94. The molecule has 2 amide bonds. The topological polar surface area (TPSA) is 95.8 Å². The SMILES string of the molecule is CC(=O)N1CCN(c2ccc(C(=O)Nc3ccc4ccccc4c3)cc2[N+](=O)[O-])CC1. The molecule has 3 aromatic rings. The van der Waals surface area contributed by atoms with E-state index < -0.39 is 10.8 Å². The molecule has 1 fully saturated rings. The molecule has 1 aliphatic heterocycles. The fraction of sp³-hybridized carbons (Fsp3) is 0.217. The van der Waals surface area contributed by atoms with Crippen molar-refractivity contribution in [2.24, 2.45) is 0 Å². The van der Waals surface area contributed by atoms with Crippen molar-refractivity contribution in [3.05, 3.63) is 76.3 Å². The van der Waals surface area contributed by atoms with Gasteiger partial charge in [0.2, 0.25) is 5.91 Å². The number of piperazine rings is 1. The fourth-order valence-electron chi connectivity index (χ4n) is 3.81. The van der Waals surface area contributed by atoms with Gasteiger partial charge in [0, 0.05) is 50.4 Å². The molecule has 158 valence electrons. The molecule has 0 spiro atoms. The molecular weight excluding hydrogens is 396 g/mol. The molecule has 1 aliphatic rings. The van der Waals surface area contributed by atoms with E-state index in [0.717, 1.165) is 10.8 Å². The maximum absolute atomic E-state index is 12.7. The Labute approximate surface area is 179 Å². The van der Waals surface area contributed by atoms with Crippen LogP contribution in [0.15, 0.2) is 60.7 Å². The molecule has 1 saturated heterocycles. The summed E-state index contributed by atoms with van der Waals surface area (Å²) in [4.78, 5) is 39.1. The van der Waals surface area contributed by atoms with Crippen molar-refractivity contribution >= 4 is 39.6 Å². The minimum absolute atomic E-state index is 0.00476. The summed E-state index contributed by atoms with van der Waals surface area (Å²) in [6, 6.07) is 17.9. The number of amides is 2. The van der Waals surface area contributed by atoms with Crippen LogP contribution in [0.5, 0.6) is 0 Å². The van der Waals surface area contributed by atoms with Gasteiger partial charge in [-0.2, -0.15) is 0 Å². The minimum atomic E-state index is -0.473. The summed E-state index contributed by atoms with van der Waals surface area (Å²) < 4.78 is 0. The molecule has 0 aliphatic carbocycles. The van der Waals surface area contributed by atoms with Crippen LogP contribution >= 0.6 is 0 Å². The van der Waals surface area contributed by atoms with Crippen molar-refractivity contribution in [1.82, 2.24) is 4.90 Å². The van der Waals surface area contributed by atoms with E-state index in [-0.39, 0.29) is 17.2 Å². The Morgan fingerprint density at radius 1 is 0.935 bits per heavy atom. The lowest BCUT2D eigenvalue weighted by atomic mass is 10.1. The van der Waals surface area contributed by atoms with Crippen molar-refractivity contribution in [2.75, 3.05) is 36.4 Å². The van der Waals surface area contributed by atoms with Gasteiger partial charge in [0.25, 0.3) is 11.6 Å². The first-order chi connectivity index (χ1) is 14.9. The van der Waals surface area contributed by atoms with Crippen LogP contribution in [-0.4, -0.2) is 47.8 Å². The molecule has 0 aromatic heterocycles. The summed E-state index contributed by atoms with van der Waals surface area (Å²) in [6.07, 6.45) is 0. The van der Waals surface area contributed by atoms with Crippen molar-refractivity contribution in [2.45, 2.75) is 6.92 Å². The van der Waals surface area contributed by atoms with Crippen LogP contribution in [0.4, 0.5) is 17.1 Å². The van der Waals surface area contributed by atoms with Crippen LogP contribution in [0.3, 0.4) is 0 Å². The maximum Gasteiger partial charge on any atom is 0.293 e. The summed E-state index contributed by atoms with van der Waals surface area (Å²) in [6.45, 7) is 3.54. The van der Waals surface area contributed by atoms with E-state index in [1.807, 2.05) is 41.3 Å². The van der Waals surface area contributed by atoms with Crippen LogP contribution < -0.4 is 10.2 Å². The first-order valence-electron chi connectivity index (χ1n) is 10.0. The predicted molar refractivity (Wildman–Crippen MR) is 119 cm³/mol. The number of carbonyl (C=O) groups excluding carboxylic acids is 2. The first-order valence-corrected chi connectivity index (χ1v) is 10.0. The summed E-state index contributed by atoms with van der Waals surface area (Å²) in [5, 5.41) is 16.6. The van der Waals surface area contributed by atoms with Crippen molar-refractivity contribution in [1.29, 1.82) is 0 Å². The molecule has 8 nitrogen and oxygen atoms in total. The third-order valence-corrected chi connectivity index (χ3v) is 5.51. The van der Waals surface area contributed by atoms with Crippen LogP contribution in [-0.2, 0) is 4.79 Å². The number of fused-ring (bicyclic) bond motifs is 1. The van der Waals surface area contributed by atoms with Gasteiger partial charge < -0.3 is 15.1 Å². The Balaban J connectivity index is 1.54. The summed E-state index contributed by atoms with van der Waals surface area (Å²) in [5.74, 6) is -0.416. The van der Waals surface area contributed by atoms with Gasteiger partial charge in [0.1, 0.15) is 5.69 Å². The largest absolute Gasteiger partial charge is 0.362 e. The maximum atomic E-state index is 12.7. The lowest BCUT2D eigenvalue weighted by Gasteiger charge is -2.35. The number of benzene rings is 3. The van der Waals surface area contributed by atoms with Gasteiger partial charge in [-0.3, -0.25) is 19.7 Å². The number of nitro benzene ring substituents is 1. The highest BCUT2D eigenvalue weighted by Gasteiger charge is 2.26. The first kappa shape index (κ1) is 20.3. The normalized spacial score (nSPS) is 13.8. The van der Waals surface area contributed by atoms with E-state index in [1.54, 1.807) is 23.1 Å². The highest BCUT2D eigenvalue weighted by atomic mass is 16.6. The molecule has 0 saturated carbocycles. The lowest BCUT2D eigenvalue weighted by molar-refractivity contribution is -0.384. The Kier molecular flexibility index (Phi) is 5.53. The molecule has 1 N–H and O–H groups in total. The van der Waals surface area contributed by atoms with Gasteiger partial charge in [-0.05, 0) is 35.0 Å². The molecule has 3 aromatic carbocycles. The standard InChI is InChI=1S/C23H22N4O4/c1-16(28)25-10-12-26(13-11-25)21-9-7-19(15-22(21)27(30)31)23(29)24-20-8-6-17-4-2-3-5-18(17)14-20/h2-9,14-15H,10-13H2,1H3,(H,24,29). The van der Waals surface area contributed by atoms with Crippen LogP contribution in [0.1, 0.15) is 17.3 Å². The molecule has 0 radical (unpaired) electrons.